The van der Waals surface area contributed by atoms with Gasteiger partial charge >= 0.3 is 0 Å². The van der Waals surface area contributed by atoms with E-state index in [1.54, 1.807) is 17.0 Å². The van der Waals surface area contributed by atoms with E-state index in [1.807, 2.05) is 26.0 Å². The summed E-state index contributed by atoms with van der Waals surface area (Å²) >= 11 is 0. The highest BCUT2D eigenvalue weighted by molar-refractivity contribution is 5.97. The summed E-state index contributed by atoms with van der Waals surface area (Å²) in [5, 5.41) is 12.7. The predicted molar refractivity (Wildman–Crippen MR) is 91.5 cm³/mol. The number of rotatable bonds is 2. The summed E-state index contributed by atoms with van der Waals surface area (Å²) in [6, 6.07) is 6.38. The number of piperazine rings is 1. The number of nitrogens with one attached hydrogen (secondary N) is 1. The molecule has 3 rings (SSSR count). The van der Waals surface area contributed by atoms with Crippen molar-refractivity contribution >= 4 is 11.8 Å². The van der Waals surface area contributed by atoms with Gasteiger partial charge in [-0.15, -0.1) is 0 Å². The third-order valence-electron chi connectivity index (χ3n) is 5.87. The van der Waals surface area contributed by atoms with Crippen LogP contribution in [-0.2, 0) is 15.0 Å². The second-order valence-corrected chi connectivity index (χ2v) is 7.81. The number of fused-ring (bicyclic) bond motifs is 1. The van der Waals surface area contributed by atoms with Crippen molar-refractivity contribution in [3.05, 3.63) is 29.8 Å². The lowest BCUT2D eigenvalue weighted by Crippen LogP contribution is -2.69. The topological polar surface area (TPSA) is 69.6 Å². The van der Waals surface area contributed by atoms with Gasteiger partial charge in [-0.05, 0) is 41.4 Å². The van der Waals surface area contributed by atoms with Gasteiger partial charge in [-0.3, -0.25) is 9.59 Å². The summed E-state index contributed by atoms with van der Waals surface area (Å²) in [6.07, 6.45) is 0.569. The number of benzene rings is 1. The van der Waals surface area contributed by atoms with Crippen molar-refractivity contribution in [2.45, 2.75) is 51.6 Å². The van der Waals surface area contributed by atoms with Gasteiger partial charge in [0, 0.05) is 6.54 Å². The lowest BCUT2D eigenvalue weighted by Gasteiger charge is -2.52. The highest BCUT2D eigenvalue weighted by atomic mass is 16.3. The van der Waals surface area contributed by atoms with Crippen LogP contribution in [-0.4, -0.2) is 40.4 Å². The maximum absolute atomic E-state index is 12.8. The molecule has 0 aliphatic carbocycles. The van der Waals surface area contributed by atoms with Crippen molar-refractivity contribution in [1.82, 2.24) is 10.2 Å². The van der Waals surface area contributed by atoms with E-state index >= 15 is 0 Å². The third-order valence-corrected chi connectivity index (χ3v) is 5.87. The summed E-state index contributed by atoms with van der Waals surface area (Å²) < 4.78 is 0. The van der Waals surface area contributed by atoms with Crippen LogP contribution in [0, 0.1) is 11.8 Å². The second kappa shape index (κ2) is 5.80. The molecule has 1 aromatic rings. The fourth-order valence-corrected chi connectivity index (χ4v) is 4.02. The molecular formula is C19H26N2O3. The molecule has 1 aromatic carbocycles. The highest BCUT2D eigenvalue weighted by Gasteiger charge is 2.51. The molecule has 130 valence electrons. The van der Waals surface area contributed by atoms with Crippen LogP contribution in [0.2, 0.25) is 0 Å². The van der Waals surface area contributed by atoms with Crippen LogP contribution in [0.1, 0.15) is 39.7 Å². The number of phenolic OH excluding ortho intramolecular Hbond substituents is 1. The molecule has 2 unspecified atom stereocenters. The lowest BCUT2D eigenvalue weighted by atomic mass is 9.65. The molecule has 24 heavy (non-hydrogen) atoms. The van der Waals surface area contributed by atoms with Crippen molar-refractivity contribution in [3.8, 4) is 5.75 Å². The van der Waals surface area contributed by atoms with E-state index in [9.17, 15) is 14.7 Å². The molecule has 2 aliphatic heterocycles. The van der Waals surface area contributed by atoms with Gasteiger partial charge in [-0.1, -0.05) is 39.8 Å². The van der Waals surface area contributed by atoms with Gasteiger partial charge in [-0.2, -0.15) is 0 Å². The van der Waals surface area contributed by atoms with Gasteiger partial charge in [0.15, 0.2) is 0 Å². The van der Waals surface area contributed by atoms with Gasteiger partial charge < -0.3 is 15.3 Å². The zero-order chi connectivity index (χ0) is 17.6. The molecule has 2 saturated heterocycles. The van der Waals surface area contributed by atoms with Crippen LogP contribution in [0.5, 0.6) is 5.75 Å². The Balaban J connectivity index is 1.93. The number of phenols is 1. The van der Waals surface area contributed by atoms with E-state index in [0.29, 0.717) is 13.0 Å². The quantitative estimate of drug-likeness (QED) is 0.872. The molecule has 2 amide bonds. The molecule has 4 atom stereocenters. The minimum Gasteiger partial charge on any atom is -0.508 e. The van der Waals surface area contributed by atoms with Crippen LogP contribution in [0.25, 0.3) is 0 Å². The van der Waals surface area contributed by atoms with Crippen molar-refractivity contribution in [1.29, 1.82) is 0 Å². The number of nitrogens with zero attached hydrogens (tertiary/aromatic N) is 1. The smallest absolute Gasteiger partial charge is 0.246 e. The van der Waals surface area contributed by atoms with Crippen LogP contribution in [0.15, 0.2) is 24.3 Å². The van der Waals surface area contributed by atoms with Crippen LogP contribution < -0.4 is 5.32 Å². The van der Waals surface area contributed by atoms with Crippen LogP contribution >= 0.6 is 0 Å². The molecule has 0 radical (unpaired) electrons. The summed E-state index contributed by atoms with van der Waals surface area (Å²) in [7, 11) is 0. The molecule has 0 aromatic heterocycles. The molecule has 5 nitrogen and oxygen atoms in total. The average molecular weight is 330 g/mol. The first kappa shape index (κ1) is 16.8. The van der Waals surface area contributed by atoms with E-state index in [-0.39, 0.29) is 34.8 Å². The molecule has 2 heterocycles. The number of hydrogen-bond donors (Lipinski definition) is 2. The summed E-state index contributed by atoms with van der Waals surface area (Å²) in [6.45, 7) is 8.70. The minimum absolute atomic E-state index is 0.0272. The summed E-state index contributed by atoms with van der Waals surface area (Å²) in [5.74, 6) is 0.466. The Morgan fingerprint density at radius 3 is 2.67 bits per heavy atom. The summed E-state index contributed by atoms with van der Waals surface area (Å²) in [5.41, 5.74) is 0.753. The molecule has 2 aliphatic rings. The molecular weight excluding hydrogens is 304 g/mol. The van der Waals surface area contributed by atoms with Gasteiger partial charge in [0.25, 0.3) is 0 Å². The highest BCUT2D eigenvalue weighted by Crippen LogP contribution is 2.43. The van der Waals surface area contributed by atoms with Crippen molar-refractivity contribution < 1.29 is 14.7 Å². The zero-order valence-electron chi connectivity index (χ0n) is 14.7. The first-order valence-electron chi connectivity index (χ1n) is 8.64. The SMILES string of the molecule is CC(C)[C@@H]1NC(=O)C2C[C@@](C)(c3cccc(O)c3)C(C)CN2C1=O. The van der Waals surface area contributed by atoms with E-state index in [0.717, 1.165) is 5.56 Å². The fourth-order valence-electron chi connectivity index (χ4n) is 4.02. The maximum atomic E-state index is 12.8. The van der Waals surface area contributed by atoms with Crippen molar-refractivity contribution in [3.63, 3.8) is 0 Å². The molecule has 0 bridgehead atoms. The number of aromatic hydroxyl groups is 1. The predicted octanol–water partition coefficient (Wildman–Crippen LogP) is 2.04. The lowest BCUT2D eigenvalue weighted by molar-refractivity contribution is -0.155. The molecule has 2 fully saturated rings. The Morgan fingerprint density at radius 2 is 2.04 bits per heavy atom. The monoisotopic (exact) mass is 330 g/mol. The number of piperidine rings is 1. The maximum Gasteiger partial charge on any atom is 0.246 e. The molecule has 0 saturated carbocycles. The van der Waals surface area contributed by atoms with Gasteiger partial charge in [0.2, 0.25) is 11.8 Å². The standard InChI is InChI=1S/C19H26N2O3/c1-11(2)16-18(24)21-10-12(3)19(4,9-15(21)17(23)20-16)13-6-5-7-14(22)8-13/h5-8,11-12,15-16,22H,9-10H2,1-4H3,(H,20,23)/t12?,15?,16-,19+/m0/s1. The Hall–Kier alpha value is -2.04. The van der Waals surface area contributed by atoms with Crippen LogP contribution in [0.3, 0.4) is 0 Å². The van der Waals surface area contributed by atoms with Crippen molar-refractivity contribution in [2.75, 3.05) is 6.54 Å². The van der Waals surface area contributed by atoms with Gasteiger partial charge in [0.1, 0.15) is 17.8 Å². The number of amides is 2. The largest absolute Gasteiger partial charge is 0.508 e. The molecule has 5 heteroatoms. The fraction of sp³-hybridized carbons (Fsp3) is 0.579. The van der Waals surface area contributed by atoms with E-state index < -0.39 is 12.1 Å². The molecule has 2 N–H and O–H groups in total. The van der Waals surface area contributed by atoms with E-state index in [4.69, 9.17) is 0 Å². The third kappa shape index (κ3) is 2.56. The number of hydrogen-bond acceptors (Lipinski definition) is 3. The first-order valence-corrected chi connectivity index (χ1v) is 8.64. The first-order chi connectivity index (χ1) is 11.2. The summed E-state index contributed by atoms with van der Waals surface area (Å²) in [4.78, 5) is 27.2. The number of carbonyl (C=O) groups is 2. The zero-order valence-corrected chi connectivity index (χ0v) is 14.7. The second-order valence-electron chi connectivity index (χ2n) is 7.81. The van der Waals surface area contributed by atoms with Crippen molar-refractivity contribution in [2.24, 2.45) is 11.8 Å². The average Bonchev–Trinajstić information content (AvgIpc) is 2.52. The normalized spacial score (nSPS) is 33.4. The Bertz CT molecular complexity index is 672. The van der Waals surface area contributed by atoms with E-state index in [1.165, 1.54) is 0 Å². The van der Waals surface area contributed by atoms with E-state index in [2.05, 4.69) is 19.2 Å². The molecule has 0 spiro atoms. The Morgan fingerprint density at radius 1 is 1.33 bits per heavy atom. The van der Waals surface area contributed by atoms with Gasteiger partial charge in [0.05, 0.1) is 0 Å². The Kier molecular flexibility index (Phi) is 4.06. The minimum atomic E-state index is -0.434. The Labute approximate surface area is 143 Å². The van der Waals surface area contributed by atoms with Gasteiger partial charge in [-0.25, -0.2) is 0 Å². The number of carbonyl (C=O) groups excluding carboxylic acids is 2. The van der Waals surface area contributed by atoms with Crippen LogP contribution in [0.4, 0.5) is 0 Å².